The molecule has 36 heavy (non-hydrogen) atoms. The number of ether oxygens (including phenoxy) is 1. The number of aryl methyl sites for hydroxylation is 1. The van der Waals surface area contributed by atoms with Crippen LogP contribution >= 0.6 is 0 Å². The number of nitrogens with one attached hydrogen (secondary N) is 1. The molecule has 2 aliphatic rings. The second-order valence-electron chi connectivity index (χ2n) is 10.2. The molecule has 1 aliphatic heterocycles. The average Bonchev–Trinajstić information content (AvgIpc) is 3.40. The molecule has 0 aromatic heterocycles. The predicted octanol–water partition coefficient (Wildman–Crippen LogP) is 4.94. The highest BCUT2D eigenvalue weighted by Crippen LogP contribution is 2.29. The summed E-state index contributed by atoms with van der Waals surface area (Å²) < 4.78 is 19.8. The van der Waals surface area contributed by atoms with Gasteiger partial charge in [0.15, 0.2) is 0 Å². The van der Waals surface area contributed by atoms with Crippen molar-refractivity contribution in [2.45, 2.75) is 65.0 Å². The Morgan fingerprint density at radius 2 is 1.92 bits per heavy atom. The van der Waals surface area contributed by atoms with E-state index in [-0.39, 0.29) is 23.7 Å². The van der Waals surface area contributed by atoms with E-state index in [1.54, 1.807) is 13.2 Å². The van der Waals surface area contributed by atoms with Crippen LogP contribution in [0.5, 0.6) is 5.75 Å². The molecule has 1 N–H and O–H groups in total. The van der Waals surface area contributed by atoms with Crippen LogP contribution in [0.25, 0.3) is 0 Å². The van der Waals surface area contributed by atoms with Crippen LogP contribution in [0.1, 0.15) is 55.7 Å². The first-order chi connectivity index (χ1) is 17.3. The van der Waals surface area contributed by atoms with Crippen LogP contribution in [0.2, 0.25) is 0 Å². The molecule has 1 saturated heterocycles. The van der Waals surface area contributed by atoms with Crippen LogP contribution in [0.3, 0.4) is 0 Å². The summed E-state index contributed by atoms with van der Waals surface area (Å²) in [6, 6.07) is 10.7. The summed E-state index contributed by atoms with van der Waals surface area (Å²) in [6.07, 6.45) is 5.22. The van der Waals surface area contributed by atoms with E-state index in [1.165, 1.54) is 6.07 Å². The molecule has 0 spiro atoms. The summed E-state index contributed by atoms with van der Waals surface area (Å²) in [7, 11) is 1.62. The maximum Gasteiger partial charge on any atom is 0.226 e. The number of nitrogens with zero attached hydrogens (tertiary/aromatic N) is 2. The van der Waals surface area contributed by atoms with Gasteiger partial charge in [-0.15, -0.1) is 0 Å². The van der Waals surface area contributed by atoms with Crippen molar-refractivity contribution in [2.75, 3.05) is 32.1 Å². The van der Waals surface area contributed by atoms with Gasteiger partial charge in [-0.2, -0.15) is 0 Å². The van der Waals surface area contributed by atoms with Gasteiger partial charge in [0.1, 0.15) is 11.6 Å². The zero-order valence-corrected chi connectivity index (χ0v) is 21.7. The fourth-order valence-electron chi connectivity index (χ4n) is 5.48. The maximum absolute atomic E-state index is 14.5. The molecule has 2 amide bonds. The summed E-state index contributed by atoms with van der Waals surface area (Å²) >= 11 is 0. The molecule has 0 radical (unpaired) electrons. The summed E-state index contributed by atoms with van der Waals surface area (Å²) in [4.78, 5) is 29.9. The molecule has 2 aromatic carbocycles. The number of hydrogen-bond acceptors (Lipinski definition) is 4. The van der Waals surface area contributed by atoms with E-state index in [0.717, 1.165) is 61.2 Å². The Kier molecular flexibility index (Phi) is 8.62. The van der Waals surface area contributed by atoms with Crippen LogP contribution in [-0.4, -0.2) is 54.4 Å². The molecule has 194 valence electrons. The predicted molar refractivity (Wildman–Crippen MR) is 139 cm³/mol. The Bertz CT molecular complexity index is 1080. The third kappa shape index (κ3) is 6.44. The van der Waals surface area contributed by atoms with Gasteiger partial charge in [-0.1, -0.05) is 25.0 Å². The largest absolute Gasteiger partial charge is 0.497 e. The van der Waals surface area contributed by atoms with Crippen LogP contribution < -0.4 is 10.1 Å². The van der Waals surface area contributed by atoms with Crippen molar-refractivity contribution in [3.8, 4) is 5.75 Å². The Morgan fingerprint density at radius 1 is 1.14 bits per heavy atom. The zero-order valence-electron chi connectivity index (χ0n) is 21.7. The molecular formula is C29H38FN3O3. The third-order valence-electron chi connectivity index (χ3n) is 7.62. The lowest BCUT2D eigenvalue weighted by molar-refractivity contribution is -0.140. The number of hydrogen-bond donors (Lipinski definition) is 1. The van der Waals surface area contributed by atoms with E-state index in [0.29, 0.717) is 37.5 Å². The van der Waals surface area contributed by atoms with E-state index in [9.17, 15) is 14.0 Å². The number of rotatable bonds is 8. The highest BCUT2D eigenvalue weighted by Gasteiger charge is 2.33. The van der Waals surface area contributed by atoms with Gasteiger partial charge in [-0.3, -0.25) is 14.5 Å². The standard InChI is InChI=1S/C29H38FN3O3/c1-20-18-32(13-14-33(20)29(35)23-8-4-5-9-23)19-24-16-25(30)17-27(21(24)2)31-28(34)12-11-22-7-6-10-26(15-22)36-3/h6-7,10,15-17,20,23H,4-5,8-9,11-14,18-19H2,1-3H3,(H,31,34). The summed E-state index contributed by atoms with van der Waals surface area (Å²) in [5.74, 6) is 0.753. The molecule has 4 rings (SSSR count). The van der Waals surface area contributed by atoms with Crippen molar-refractivity contribution < 1.29 is 18.7 Å². The summed E-state index contributed by atoms with van der Waals surface area (Å²) in [5, 5.41) is 2.91. The lowest BCUT2D eigenvalue weighted by Gasteiger charge is -2.41. The van der Waals surface area contributed by atoms with Crippen molar-refractivity contribution in [1.29, 1.82) is 0 Å². The number of carbonyl (C=O) groups excluding carboxylic acids is 2. The van der Waals surface area contributed by atoms with E-state index in [1.807, 2.05) is 36.1 Å². The van der Waals surface area contributed by atoms with Gasteiger partial charge in [0.05, 0.1) is 7.11 Å². The van der Waals surface area contributed by atoms with Crippen LogP contribution in [0, 0.1) is 18.7 Å². The minimum atomic E-state index is -0.359. The van der Waals surface area contributed by atoms with E-state index < -0.39 is 0 Å². The maximum atomic E-state index is 14.5. The van der Waals surface area contributed by atoms with E-state index >= 15 is 0 Å². The number of amides is 2. The van der Waals surface area contributed by atoms with Crippen LogP contribution in [0.4, 0.5) is 10.1 Å². The van der Waals surface area contributed by atoms with Gasteiger partial charge in [-0.25, -0.2) is 4.39 Å². The van der Waals surface area contributed by atoms with Crippen molar-refractivity contribution in [3.63, 3.8) is 0 Å². The topological polar surface area (TPSA) is 61.9 Å². The Labute approximate surface area is 213 Å². The fraction of sp³-hybridized carbons (Fsp3) is 0.517. The second-order valence-corrected chi connectivity index (χ2v) is 10.2. The summed E-state index contributed by atoms with van der Waals surface area (Å²) in [5.41, 5.74) is 3.27. The van der Waals surface area contributed by atoms with Crippen LogP contribution in [-0.2, 0) is 22.6 Å². The Balaban J connectivity index is 1.35. The number of carbonyl (C=O) groups is 2. The molecule has 2 aromatic rings. The average molecular weight is 496 g/mol. The molecule has 1 saturated carbocycles. The number of halogens is 1. The minimum Gasteiger partial charge on any atom is -0.497 e. The number of anilines is 1. The van der Waals surface area contributed by atoms with Gasteiger partial charge in [-0.05, 0) is 74.1 Å². The molecule has 6 nitrogen and oxygen atoms in total. The number of benzene rings is 2. The van der Waals surface area contributed by atoms with Gasteiger partial charge in [0, 0.05) is 50.2 Å². The molecule has 0 bridgehead atoms. The highest BCUT2D eigenvalue weighted by molar-refractivity contribution is 5.91. The highest BCUT2D eigenvalue weighted by atomic mass is 19.1. The van der Waals surface area contributed by atoms with E-state index in [2.05, 4.69) is 17.1 Å². The molecule has 2 fully saturated rings. The quantitative estimate of drug-likeness (QED) is 0.564. The van der Waals surface area contributed by atoms with Crippen molar-refractivity contribution in [2.24, 2.45) is 5.92 Å². The Morgan fingerprint density at radius 3 is 2.64 bits per heavy atom. The second kappa shape index (κ2) is 11.9. The SMILES string of the molecule is COc1cccc(CCC(=O)Nc2cc(F)cc(CN3CCN(C(=O)C4CCCC4)C(C)C3)c2C)c1. The van der Waals surface area contributed by atoms with Crippen molar-refractivity contribution in [1.82, 2.24) is 9.80 Å². The summed E-state index contributed by atoms with van der Waals surface area (Å²) in [6.45, 7) is 6.85. The number of methoxy groups -OCH3 is 1. The smallest absolute Gasteiger partial charge is 0.226 e. The first-order valence-corrected chi connectivity index (χ1v) is 13.1. The molecule has 1 atom stereocenters. The van der Waals surface area contributed by atoms with Gasteiger partial charge < -0.3 is 15.0 Å². The first kappa shape index (κ1) is 26.1. The van der Waals surface area contributed by atoms with Crippen LogP contribution in [0.15, 0.2) is 36.4 Å². The van der Waals surface area contributed by atoms with E-state index in [4.69, 9.17) is 4.74 Å². The molecule has 7 heteroatoms. The molecule has 1 aliphatic carbocycles. The number of piperazine rings is 1. The first-order valence-electron chi connectivity index (χ1n) is 13.1. The normalized spacial score (nSPS) is 18.9. The van der Waals surface area contributed by atoms with Crippen molar-refractivity contribution >= 4 is 17.5 Å². The lowest BCUT2D eigenvalue weighted by Crippen LogP contribution is -2.54. The fourth-order valence-corrected chi connectivity index (χ4v) is 5.48. The monoisotopic (exact) mass is 495 g/mol. The van der Waals surface area contributed by atoms with Gasteiger partial charge in [0.2, 0.25) is 11.8 Å². The van der Waals surface area contributed by atoms with Gasteiger partial charge in [0.25, 0.3) is 0 Å². The van der Waals surface area contributed by atoms with Gasteiger partial charge >= 0.3 is 0 Å². The third-order valence-corrected chi connectivity index (χ3v) is 7.62. The zero-order chi connectivity index (χ0) is 25.7. The minimum absolute atomic E-state index is 0.136. The molecular weight excluding hydrogens is 457 g/mol. The molecule has 1 heterocycles. The Hall–Kier alpha value is -2.93. The lowest BCUT2D eigenvalue weighted by atomic mass is 10.0. The molecule has 1 unspecified atom stereocenters. The van der Waals surface area contributed by atoms with Crippen molar-refractivity contribution in [3.05, 3.63) is 58.9 Å².